The van der Waals surface area contributed by atoms with Crippen LogP contribution in [0.2, 0.25) is 0 Å². The van der Waals surface area contributed by atoms with Crippen molar-refractivity contribution in [3.63, 3.8) is 0 Å². The van der Waals surface area contributed by atoms with E-state index in [1.807, 2.05) is 6.07 Å². The first-order chi connectivity index (χ1) is 20.2. The molecule has 42 heavy (non-hydrogen) atoms. The number of hydrogen-bond donors (Lipinski definition) is 3. The third-order valence-corrected chi connectivity index (χ3v) is 6.99. The molecule has 0 bridgehead atoms. The lowest BCUT2D eigenvalue weighted by Gasteiger charge is -2.34. The van der Waals surface area contributed by atoms with Crippen molar-refractivity contribution in [3.05, 3.63) is 88.9 Å². The van der Waals surface area contributed by atoms with Crippen LogP contribution in [-0.2, 0) is 23.9 Å². The Balaban J connectivity index is 0.000000193. The second-order valence-corrected chi connectivity index (χ2v) is 9.91. The molecule has 1 saturated heterocycles. The fraction of sp³-hybridized carbons (Fsp3) is 0.323. The predicted molar refractivity (Wildman–Crippen MR) is 159 cm³/mol. The molecule has 0 aliphatic carbocycles. The van der Waals surface area contributed by atoms with Crippen molar-refractivity contribution in [3.8, 4) is 11.8 Å². The maximum absolute atomic E-state index is 13.2. The number of alkyl halides is 3. The Labute approximate surface area is 244 Å². The number of hydrogen-bond acceptors (Lipinski definition) is 7. The summed E-state index contributed by atoms with van der Waals surface area (Å²) in [7, 11) is 1.62. The first kappa shape index (κ1) is 30.6. The van der Waals surface area contributed by atoms with Gasteiger partial charge in [0.05, 0.1) is 5.56 Å². The van der Waals surface area contributed by atoms with E-state index in [1.165, 1.54) is 6.07 Å². The molecule has 0 radical (unpaired) electrons. The maximum Gasteiger partial charge on any atom is 0.416 e. The van der Waals surface area contributed by atoms with Gasteiger partial charge in [-0.3, -0.25) is 9.69 Å². The van der Waals surface area contributed by atoms with Crippen molar-refractivity contribution < 1.29 is 18.0 Å². The molecule has 8 nitrogen and oxygen atoms in total. The van der Waals surface area contributed by atoms with Crippen LogP contribution in [0.1, 0.15) is 34.7 Å². The number of pyridine rings is 2. The van der Waals surface area contributed by atoms with Gasteiger partial charge >= 0.3 is 6.18 Å². The molecule has 2 aromatic heterocycles. The van der Waals surface area contributed by atoms with E-state index in [9.17, 15) is 18.0 Å². The zero-order valence-corrected chi connectivity index (χ0v) is 23.7. The quantitative estimate of drug-likeness (QED) is 0.287. The Morgan fingerprint density at radius 2 is 1.79 bits per heavy atom. The Bertz CT molecular complexity index is 1470. The van der Waals surface area contributed by atoms with Crippen LogP contribution in [0.4, 0.5) is 30.5 Å². The van der Waals surface area contributed by atoms with Crippen molar-refractivity contribution in [2.45, 2.75) is 26.1 Å². The van der Waals surface area contributed by atoms with Crippen LogP contribution in [0.3, 0.4) is 0 Å². The zero-order chi connectivity index (χ0) is 30.1. The van der Waals surface area contributed by atoms with Crippen molar-refractivity contribution in [1.29, 1.82) is 0 Å². The van der Waals surface area contributed by atoms with E-state index >= 15 is 0 Å². The lowest BCUT2D eigenvalue weighted by molar-refractivity contribution is -0.138. The minimum atomic E-state index is -4.31. The number of anilines is 3. The van der Waals surface area contributed by atoms with Crippen molar-refractivity contribution >= 4 is 23.7 Å². The summed E-state index contributed by atoms with van der Waals surface area (Å²) in [5.74, 6) is 7.42. The second kappa shape index (κ2) is 14.0. The Kier molecular flexibility index (Phi) is 10.2. The van der Waals surface area contributed by atoms with Crippen molar-refractivity contribution in [2.75, 3.05) is 55.7 Å². The third-order valence-electron chi connectivity index (χ3n) is 6.99. The number of allylic oxidation sites excluding steroid dienone is 1. The van der Waals surface area contributed by atoms with Gasteiger partial charge in [-0.2, -0.15) is 13.2 Å². The van der Waals surface area contributed by atoms with Crippen LogP contribution in [0.25, 0.3) is 0 Å². The van der Waals surface area contributed by atoms with Crippen molar-refractivity contribution in [1.82, 2.24) is 19.8 Å². The molecule has 1 aromatic carbocycles. The number of benzene rings is 1. The number of nitrogens with one attached hydrogen (secondary N) is 3. The molecule has 3 aromatic rings. The van der Waals surface area contributed by atoms with Gasteiger partial charge < -0.3 is 20.9 Å². The van der Waals surface area contributed by atoms with Crippen LogP contribution in [-0.4, -0.2) is 65.9 Å². The Morgan fingerprint density at radius 1 is 1.05 bits per heavy atom. The van der Waals surface area contributed by atoms with E-state index < -0.39 is 11.7 Å². The number of piperazine rings is 1. The molecule has 0 atom stereocenters. The molecule has 220 valence electrons. The summed E-state index contributed by atoms with van der Waals surface area (Å²) in [4.78, 5) is 23.1. The number of rotatable bonds is 6. The summed E-state index contributed by atoms with van der Waals surface area (Å²) >= 11 is 0. The average Bonchev–Trinajstić information content (AvgIpc) is 3.36. The predicted octanol–water partition coefficient (Wildman–Crippen LogP) is 4.81. The van der Waals surface area contributed by atoms with Gasteiger partial charge in [0.15, 0.2) is 0 Å². The number of carbonyl (C=O) groups excluding carboxylic acids is 1. The highest BCUT2D eigenvalue weighted by Gasteiger charge is 2.34. The van der Waals surface area contributed by atoms with Gasteiger partial charge in [0.25, 0.3) is 0 Å². The van der Waals surface area contributed by atoms with E-state index in [0.29, 0.717) is 30.0 Å². The largest absolute Gasteiger partial charge is 0.416 e. The van der Waals surface area contributed by atoms with Gasteiger partial charge in [-0.05, 0) is 42.4 Å². The van der Waals surface area contributed by atoms with Gasteiger partial charge in [-0.15, -0.1) is 0 Å². The summed E-state index contributed by atoms with van der Waals surface area (Å²) in [6.45, 7) is 10.8. The summed E-state index contributed by atoms with van der Waals surface area (Å²) in [5, 5.41) is 8.38. The highest BCUT2D eigenvalue weighted by atomic mass is 19.4. The molecule has 0 unspecified atom stereocenters. The summed E-state index contributed by atoms with van der Waals surface area (Å²) < 4.78 is 39.5. The molecule has 0 spiro atoms. The number of carbonyl (C=O) groups is 1. The standard InChI is InChI=1S/C16H12N4O.C15H22F3N3/c1-11-6-14-7-13(9-18-16(14)20-11)3-2-12-4-5-17-15(8-12)19-10-21;1-3-20-6-8-21(9-7-20)11-12-4-5-13(19-2)10-14(12)15(16,17)18/h4-5,7-10H,1,6H2,(H,18,20)(H,17,19,21);4-5,10,19H,3,6-9,11H2,1-2H3. The molecule has 3 N–H and O–H groups in total. The molecular weight excluding hydrogens is 543 g/mol. The minimum Gasteiger partial charge on any atom is -0.388 e. The van der Waals surface area contributed by atoms with Crippen molar-refractivity contribution in [2.24, 2.45) is 0 Å². The van der Waals surface area contributed by atoms with E-state index in [-0.39, 0.29) is 0 Å². The van der Waals surface area contributed by atoms with Gasteiger partial charge in [0, 0.05) is 86.7 Å². The van der Waals surface area contributed by atoms with E-state index in [4.69, 9.17) is 0 Å². The van der Waals surface area contributed by atoms with Crippen LogP contribution in [0.15, 0.2) is 61.1 Å². The summed E-state index contributed by atoms with van der Waals surface area (Å²) in [6, 6.07) is 9.98. The van der Waals surface area contributed by atoms with E-state index in [1.54, 1.807) is 43.7 Å². The molecule has 1 amide bonds. The topological polar surface area (TPSA) is 85.4 Å². The molecular formula is C31H34F3N7O. The monoisotopic (exact) mass is 577 g/mol. The molecule has 2 aliphatic rings. The lowest BCUT2D eigenvalue weighted by Crippen LogP contribution is -2.45. The molecule has 1 fully saturated rings. The fourth-order valence-electron chi connectivity index (χ4n) is 4.70. The highest BCUT2D eigenvalue weighted by molar-refractivity contribution is 5.69. The van der Waals surface area contributed by atoms with E-state index in [0.717, 1.165) is 67.3 Å². The number of likely N-dealkylation sites (N-methyl/N-ethyl adjacent to an activating group) is 1. The number of halogens is 3. The molecule has 2 aliphatic heterocycles. The summed E-state index contributed by atoms with van der Waals surface area (Å²) in [6.07, 6.45) is 0.381. The lowest BCUT2D eigenvalue weighted by atomic mass is 10.0. The SMILES string of the molecule is C=C1Cc2cc(C#Cc3ccnc(NC=O)c3)cnc2N1.CCN1CCN(Cc2ccc(NC)cc2C(F)(F)F)CC1. The number of fused-ring (bicyclic) bond motifs is 1. The van der Waals surface area contributed by atoms with Crippen LogP contribution >= 0.6 is 0 Å². The van der Waals surface area contributed by atoms with Gasteiger partial charge in [0.1, 0.15) is 11.6 Å². The van der Waals surface area contributed by atoms with Crippen LogP contribution in [0, 0.1) is 11.8 Å². The second-order valence-electron chi connectivity index (χ2n) is 9.91. The Morgan fingerprint density at radius 3 is 2.48 bits per heavy atom. The normalized spacial score (nSPS) is 14.9. The average molecular weight is 578 g/mol. The smallest absolute Gasteiger partial charge is 0.388 e. The number of nitrogens with zero attached hydrogens (tertiary/aromatic N) is 4. The molecule has 11 heteroatoms. The Hall–Kier alpha value is -4.40. The minimum absolute atomic E-state index is 0.353. The van der Waals surface area contributed by atoms with Gasteiger partial charge in [0.2, 0.25) is 6.41 Å². The van der Waals surface area contributed by atoms with Crippen LogP contribution < -0.4 is 16.0 Å². The maximum atomic E-state index is 13.2. The number of aromatic nitrogens is 2. The van der Waals surface area contributed by atoms with Gasteiger partial charge in [-0.1, -0.05) is 31.4 Å². The zero-order valence-electron chi connectivity index (χ0n) is 23.7. The number of amides is 1. The molecule has 5 rings (SSSR count). The molecule has 4 heterocycles. The molecule has 0 saturated carbocycles. The van der Waals surface area contributed by atoms with E-state index in [2.05, 4.69) is 61.1 Å². The fourth-order valence-corrected chi connectivity index (χ4v) is 4.70. The van der Waals surface area contributed by atoms with Crippen LogP contribution in [0.5, 0.6) is 0 Å². The first-order valence-electron chi connectivity index (χ1n) is 13.6. The van der Waals surface area contributed by atoms with Gasteiger partial charge in [-0.25, -0.2) is 9.97 Å². The third kappa shape index (κ3) is 8.31. The first-order valence-corrected chi connectivity index (χ1v) is 13.6. The summed E-state index contributed by atoms with van der Waals surface area (Å²) in [5.41, 5.74) is 3.97. The highest BCUT2D eigenvalue weighted by Crippen LogP contribution is 2.34.